The highest BCUT2D eigenvalue weighted by Crippen LogP contribution is 2.49. The quantitative estimate of drug-likeness (QED) is 0.626. The molecule has 2 aromatic carbocycles. The Hall–Kier alpha value is -2.21. The number of aromatic nitrogens is 1. The van der Waals surface area contributed by atoms with Gasteiger partial charge < -0.3 is 5.32 Å². The molecule has 1 aliphatic carbocycles. The summed E-state index contributed by atoms with van der Waals surface area (Å²) in [5.74, 6) is 0.0482. The first-order valence-electron chi connectivity index (χ1n) is 9.95. The smallest absolute Gasteiger partial charge is 0.236 e. The molecule has 1 fully saturated rings. The summed E-state index contributed by atoms with van der Waals surface area (Å²) in [5, 5.41) is 4.51. The standard InChI is InChI=1S/C23H22ClN3OS/c24-18-8-6-17(7-9-18)23(11-12-23)21(28)26-22-25-19-10-13-27(15-20(19)29-22)14-16-4-2-1-3-5-16/h1-9H,10-15H2,(H,25,26,28). The van der Waals surface area contributed by atoms with E-state index >= 15 is 0 Å². The second-order valence-corrected chi connectivity index (χ2v) is 9.40. The maximum Gasteiger partial charge on any atom is 0.236 e. The fraction of sp³-hybridized carbons (Fsp3) is 0.304. The van der Waals surface area contributed by atoms with Gasteiger partial charge in [-0.15, -0.1) is 11.3 Å². The highest BCUT2D eigenvalue weighted by atomic mass is 35.5. The van der Waals surface area contributed by atoms with Crippen LogP contribution in [0.25, 0.3) is 0 Å². The van der Waals surface area contributed by atoms with Crippen LogP contribution in [0.15, 0.2) is 54.6 Å². The van der Waals surface area contributed by atoms with Crippen LogP contribution in [0, 0.1) is 0 Å². The molecule has 0 radical (unpaired) electrons. The third-order valence-corrected chi connectivity index (χ3v) is 7.11. The van der Waals surface area contributed by atoms with Gasteiger partial charge in [0.2, 0.25) is 5.91 Å². The van der Waals surface area contributed by atoms with E-state index in [1.807, 2.05) is 30.3 Å². The van der Waals surface area contributed by atoms with Gasteiger partial charge in [0.1, 0.15) is 0 Å². The van der Waals surface area contributed by atoms with Crippen molar-refractivity contribution in [2.75, 3.05) is 11.9 Å². The molecule has 0 unspecified atom stereocenters. The Bertz CT molecular complexity index is 1030. The molecule has 1 saturated carbocycles. The molecule has 1 N–H and O–H groups in total. The molecule has 1 aromatic heterocycles. The number of anilines is 1. The lowest BCUT2D eigenvalue weighted by atomic mass is 9.95. The second-order valence-electron chi connectivity index (χ2n) is 7.88. The first-order chi connectivity index (χ1) is 14.1. The minimum absolute atomic E-state index is 0.0482. The molecule has 148 valence electrons. The number of nitrogens with zero attached hydrogens (tertiary/aromatic N) is 2. The van der Waals surface area contributed by atoms with Crippen molar-refractivity contribution >= 4 is 34.0 Å². The van der Waals surface area contributed by atoms with Crippen LogP contribution in [0.4, 0.5) is 5.13 Å². The minimum Gasteiger partial charge on any atom is -0.301 e. The summed E-state index contributed by atoms with van der Waals surface area (Å²) in [6.07, 6.45) is 2.67. The zero-order valence-corrected chi connectivity index (χ0v) is 17.6. The number of rotatable bonds is 5. The average Bonchev–Trinajstić information content (AvgIpc) is 3.44. The summed E-state index contributed by atoms with van der Waals surface area (Å²) in [7, 11) is 0. The third kappa shape index (κ3) is 3.82. The Labute approximate surface area is 179 Å². The minimum atomic E-state index is -0.421. The largest absolute Gasteiger partial charge is 0.301 e. The molecule has 6 heteroatoms. The number of benzene rings is 2. The fourth-order valence-electron chi connectivity index (χ4n) is 4.04. The van der Waals surface area contributed by atoms with Gasteiger partial charge in [0.05, 0.1) is 11.1 Å². The van der Waals surface area contributed by atoms with E-state index in [4.69, 9.17) is 16.6 Å². The second kappa shape index (κ2) is 7.56. The number of thiazole rings is 1. The predicted molar refractivity (Wildman–Crippen MR) is 117 cm³/mol. The molecule has 4 nitrogen and oxygen atoms in total. The van der Waals surface area contributed by atoms with E-state index in [0.29, 0.717) is 5.02 Å². The van der Waals surface area contributed by atoms with Crippen molar-refractivity contribution in [3.8, 4) is 0 Å². The van der Waals surface area contributed by atoms with Crippen molar-refractivity contribution in [3.63, 3.8) is 0 Å². The Morgan fingerprint density at radius 3 is 2.62 bits per heavy atom. The predicted octanol–water partition coefficient (Wildman–Crippen LogP) is 5.03. The molecule has 0 saturated heterocycles. The van der Waals surface area contributed by atoms with Gasteiger partial charge in [0, 0.05) is 36.0 Å². The van der Waals surface area contributed by atoms with E-state index in [2.05, 4.69) is 34.5 Å². The molecule has 0 atom stereocenters. The monoisotopic (exact) mass is 423 g/mol. The van der Waals surface area contributed by atoms with Crippen molar-refractivity contribution in [1.29, 1.82) is 0 Å². The Balaban J connectivity index is 1.27. The molecule has 0 bridgehead atoms. The van der Waals surface area contributed by atoms with Crippen LogP contribution in [0.5, 0.6) is 0 Å². The van der Waals surface area contributed by atoms with Crippen LogP contribution in [-0.4, -0.2) is 22.3 Å². The maximum atomic E-state index is 13.0. The van der Waals surface area contributed by atoms with Gasteiger partial charge in [-0.3, -0.25) is 9.69 Å². The number of halogens is 1. The Kier molecular flexibility index (Phi) is 4.90. The molecule has 1 aliphatic heterocycles. The Morgan fingerprint density at radius 1 is 1.14 bits per heavy atom. The highest BCUT2D eigenvalue weighted by molar-refractivity contribution is 7.15. The van der Waals surface area contributed by atoms with Crippen LogP contribution < -0.4 is 5.32 Å². The van der Waals surface area contributed by atoms with E-state index in [0.717, 1.165) is 55.3 Å². The first kappa shape index (κ1) is 18.8. The summed E-state index contributed by atoms with van der Waals surface area (Å²) in [5.41, 5.74) is 3.07. The molecular formula is C23H22ClN3OS. The summed E-state index contributed by atoms with van der Waals surface area (Å²) in [4.78, 5) is 21.4. The van der Waals surface area contributed by atoms with Crippen molar-refractivity contribution in [1.82, 2.24) is 9.88 Å². The van der Waals surface area contributed by atoms with Gasteiger partial charge in [0.15, 0.2) is 5.13 Å². The number of carbonyl (C=O) groups excluding carboxylic acids is 1. The van der Waals surface area contributed by atoms with Crippen molar-refractivity contribution < 1.29 is 4.79 Å². The molecular weight excluding hydrogens is 402 g/mol. The lowest BCUT2D eigenvalue weighted by Crippen LogP contribution is -2.29. The van der Waals surface area contributed by atoms with Gasteiger partial charge in [-0.05, 0) is 36.1 Å². The lowest BCUT2D eigenvalue weighted by Gasteiger charge is -2.25. The first-order valence-corrected chi connectivity index (χ1v) is 11.1. The van der Waals surface area contributed by atoms with Crippen LogP contribution >= 0.6 is 22.9 Å². The number of hydrogen-bond donors (Lipinski definition) is 1. The SMILES string of the molecule is O=C(Nc1nc2c(s1)CN(Cc1ccccc1)CC2)C1(c2ccc(Cl)cc2)CC1. The van der Waals surface area contributed by atoms with Gasteiger partial charge in [0.25, 0.3) is 0 Å². The maximum absolute atomic E-state index is 13.0. The van der Waals surface area contributed by atoms with E-state index < -0.39 is 5.41 Å². The van der Waals surface area contributed by atoms with Crippen molar-refractivity contribution in [3.05, 3.63) is 81.3 Å². The number of carbonyl (C=O) groups is 1. The molecule has 5 rings (SSSR count). The van der Waals surface area contributed by atoms with Gasteiger partial charge in [-0.1, -0.05) is 54.1 Å². The van der Waals surface area contributed by atoms with E-state index in [1.165, 1.54) is 10.4 Å². The molecule has 2 aliphatic rings. The number of amides is 1. The van der Waals surface area contributed by atoms with Gasteiger partial charge in [-0.2, -0.15) is 0 Å². The van der Waals surface area contributed by atoms with E-state index in [-0.39, 0.29) is 5.91 Å². The van der Waals surface area contributed by atoms with Crippen LogP contribution in [-0.2, 0) is 29.7 Å². The number of fused-ring (bicyclic) bond motifs is 1. The zero-order valence-electron chi connectivity index (χ0n) is 16.0. The van der Waals surface area contributed by atoms with E-state index in [1.54, 1.807) is 11.3 Å². The summed E-state index contributed by atoms with van der Waals surface area (Å²) in [6.45, 7) is 2.83. The van der Waals surface area contributed by atoms with Crippen molar-refractivity contribution in [2.45, 2.75) is 37.8 Å². The van der Waals surface area contributed by atoms with E-state index in [9.17, 15) is 4.79 Å². The fourth-order valence-corrected chi connectivity index (χ4v) is 5.21. The molecule has 2 heterocycles. The summed E-state index contributed by atoms with van der Waals surface area (Å²) >= 11 is 7.61. The summed E-state index contributed by atoms with van der Waals surface area (Å²) in [6, 6.07) is 18.2. The normalized spacial score (nSPS) is 17.6. The third-order valence-electron chi connectivity index (χ3n) is 5.86. The number of nitrogens with one attached hydrogen (secondary N) is 1. The van der Waals surface area contributed by atoms with Crippen LogP contribution in [0.2, 0.25) is 5.02 Å². The molecule has 29 heavy (non-hydrogen) atoms. The topological polar surface area (TPSA) is 45.2 Å². The van der Waals surface area contributed by atoms with Crippen molar-refractivity contribution in [2.24, 2.45) is 0 Å². The molecule has 1 amide bonds. The molecule has 3 aromatic rings. The zero-order chi connectivity index (χ0) is 19.8. The summed E-state index contributed by atoms with van der Waals surface area (Å²) < 4.78 is 0. The van der Waals surface area contributed by atoms with Gasteiger partial charge in [-0.25, -0.2) is 4.98 Å². The van der Waals surface area contributed by atoms with Gasteiger partial charge >= 0.3 is 0 Å². The van der Waals surface area contributed by atoms with Crippen LogP contribution in [0.1, 0.15) is 34.5 Å². The molecule has 0 spiro atoms. The van der Waals surface area contributed by atoms with Crippen LogP contribution in [0.3, 0.4) is 0 Å². The highest BCUT2D eigenvalue weighted by Gasteiger charge is 2.51. The Morgan fingerprint density at radius 2 is 1.90 bits per heavy atom. The lowest BCUT2D eigenvalue weighted by molar-refractivity contribution is -0.118. The average molecular weight is 424 g/mol. The number of hydrogen-bond acceptors (Lipinski definition) is 4.